The van der Waals surface area contributed by atoms with Crippen LogP contribution in [0.2, 0.25) is 0 Å². The SMILES string of the molecule is C=CCN(CCC)C(=O)[C@H]1[C@H]2C(=O)N([C@@H](CC)CO)C(C(=O)N(CC=C)c3cc(C)ccc3C)C23CC[C@]1(C)O3. The first kappa shape index (κ1) is 30.0. The van der Waals surface area contributed by atoms with Gasteiger partial charge < -0.3 is 24.5 Å². The highest BCUT2D eigenvalue weighted by Gasteiger charge is 2.78. The lowest BCUT2D eigenvalue weighted by Crippen LogP contribution is -2.59. The van der Waals surface area contributed by atoms with E-state index in [0.29, 0.717) is 32.4 Å². The van der Waals surface area contributed by atoms with Crippen LogP contribution in [0.1, 0.15) is 57.6 Å². The third-order valence-corrected chi connectivity index (χ3v) is 9.18. The number of anilines is 1. The quantitative estimate of drug-likeness (QED) is 0.400. The zero-order valence-corrected chi connectivity index (χ0v) is 24.7. The summed E-state index contributed by atoms with van der Waals surface area (Å²) >= 11 is 0. The van der Waals surface area contributed by atoms with Gasteiger partial charge in [-0.25, -0.2) is 0 Å². The predicted octanol–water partition coefficient (Wildman–Crippen LogP) is 3.78. The molecule has 6 atom stereocenters. The Hall–Kier alpha value is -2.97. The third kappa shape index (κ3) is 4.59. The van der Waals surface area contributed by atoms with Crippen LogP contribution in [0.25, 0.3) is 0 Å². The lowest BCUT2D eigenvalue weighted by Gasteiger charge is -2.39. The van der Waals surface area contributed by atoms with Crippen LogP contribution in [0.15, 0.2) is 43.5 Å². The van der Waals surface area contributed by atoms with Gasteiger partial charge in [0.2, 0.25) is 11.8 Å². The molecule has 1 spiro atoms. The Balaban J connectivity index is 1.86. The molecule has 0 aromatic heterocycles. The Morgan fingerprint density at radius 2 is 1.88 bits per heavy atom. The van der Waals surface area contributed by atoms with Crippen molar-refractivity contribution in [3.63, 3.8) is 0 Å². The number of carbonyl (C=O) groups is 3. The molecule has 3 aliphatic heterocycles. The molecule has 218 valence electrons. The summed E-state index contributed by atoms with van der Waals surface area (Å²) in [6.45, 7) is 18.4. The van der Waals surface area contributed by atoms with Gasteiger partial charge in [0.15, 0.2) is 0 Å². The van der Waals surface area contributed by atoms with Crippen LogP contribution in [0.4, 0.5) is 5.69 Å². The minimum Gasteiger partial charge on any atom is -0.394 e. The Morgan fingerprint density at radius 3 is 2.48 bits per heavy atom. The van der Waals surface area contributed by atoms with Crippen molar-refractivity contribution in [3.05, 3.63) is 54.6 Å². The summed E-state index contributed by atoms with van der Waals surface area (Å²) in [7, 11) is 0. The number of nitrogens with zero attached hydrogens (tertiary/aromatic N) is 3. The molecule has 8 nitrogen and oxygen atoms in total. The van der Waals surface area contributed by atoms with Crippen molar-refractivity contribution in [2.24, 2.45) is 11.8 Å². The highest BCUT2D eigenvalue weighted by Crippen LogP contribution is 2.64. The molecule has 2 unspecified atom stereocenters. The Labute approximate surface area is 238 Å². The van der Waals surface area contributed by atoms with E-state index in [1.807, 2.05) is 52.8 Å². The molecule has 3 fully saturated rings. The zero-order chi connectivity index (χ0) is 29.4. The number of hydrogen-bond acceptors (Lipinski definition) is 5. The number of aryl methyl sites for hydroxylation is 2. The number of amides is 3. The molecule has 2 bridgehead atoms. The summed E-state index contributed by atoms with van der Waals surface area (Å²) in [5, 5.41) is 10.4. The number of rotatable bonds is 12. The van der Waals surface area contributed by atoms with Crippen LogP contribution >= 0.6 is 0 Å². The first-order valence-electron chi connectivity index (χ1n) is 14.6. The van der Waals surface area contributed by atoms with Crippen molar-refractivity contribution < 1.29 is 24.2 Å². The lowest BCUT2D eigenvalue weighted by atomic mass is 9.66. The van der Waals surface area contributed by atoms with Crippen molar-refractivity contribution in [1.29, 1.82) is 0 Å². The van der Waals surface area contributed by atoms with Gasteiger partial charge in [-0.1, -0.05) is 38.1 Å². The number of fused-ring (bicyclic) bond motifs is 1. The average molecular weight is 552 g/mol. The Kier molecular flexibility index (Phi) is 8.62. The molecule has 1 aromatic carbocycles. The van der Waals surface area contributed by atoms with Crippen LogP contribution in [0, 0.1) is 25.7 Å². The highest BCUT2D eigenvalue weighted by molar-refractivity contribution is 6.05. The summed E-state index contributed by atoms with van der Waals surface area (Å²) in [5.41, 5.74) is 0.666. The standard InChI is InChI=1S/C32H45N3O5/c1-8-16-33(17-9-2)28(37)25-26-29(38)35(23(11-4)20-36)27(32(26)15-14-31(25,7)40-32)30(39)34(18-10-3)24-19-21(5)12-13-22(24)6/h8,10,12-13,19,23,25-27,36H,1,3,9,11,14-18,20H2,2,4-7H3/t23-,25+,26-,27?,31-,32?/m0/s1. The molecule has 3 saturated heterocycles. The van der Waals surface area contributed by atoms with E-state index in [1.165, 1.54) is 0 Å². The van der Waals surface area contributed by atoms with Gasteiger partial charge in [-0.05, 0) is 63.6 Å². The number of aliphatic hydroxyl groups is 1. The molecular formula is C32H45N3O5. The van der Waals surface area contributed by atoms with E-state index >= 15 is 0 Å². The first-order chi connectivity index (χ1) is 19.0. The van der Waals surface area contributed by atoms with Crippen molar-refractivity contribution >= 4 is 23.4 Å². The number of benzene rings is 1. The van der Waals surface area contributed by atoms with Crippen LogP contribution in [-0.2, 0) is 19.1 Å². The monoisotopic (exact) mass is 551 g/mol. The van der Waals surface area contributed by atoms with Crippen molar-refractivity contribution in [1.82, 2.24) is 9.80 Å². The maximum Gasteiger partial charge on any atom is 0.253 e. The summed E-state index contributed by atoms with van der Waals surface area (Å²) in [4.78, 5) is 48.3. The normalized spacial score (nSPS) is 29.3. The topological polar surface area (TPSA) is 90.4 Å². The van der Waals surface area contributed by atoms with Crippen LogP contribution in [-0.4, -0.2) is 82.2 Å². The summed E-state index contributed by atoms with van der Waals surface area (Å²) < 4.78 is 6.81. The Bertz CT molecular complexity index is 1180. The molecule has 1 aromatic rings. The highest BCUT2D eigenvalue weighted by atomic mass is 16.5. The predicted molar refractivity (Wildman–Crippen MR) is 156 cm³/mol. The van der Waals surface area contributed by atoms with Gasteiger partial charge in [0.25, 0.3) is 5.91 Å². The van der Waals surface area contributed by atoms with E-state index in [-0.39, 0.29) is 30.9 Å². The fourth-order valence-electron chi connectivity index (χ4n) is 7.33. The van der Waals surface area contributed by atoms with E-state index in [9.17, 15) is 19.5 Å². The number of carbonyl (C=O) groups excluding carboxylic acids is 3. The number of aliphatic hydroxyl groups excluding tert-OH is 1. The van der Waals surface area contributed by atoms with Gasteiger partial charge in [0.1, 0.15) is 11.6 Å². The molecule has 4 rings (SSSR count). The second kappa shape index (κ2) is 11.5. The molecule has 8 heteroatoms. The Morgan fingerprint density at radius 1 is 1.18 bits per heavy atom. The maximum atomic E-state index is 14.8. The van der Waals surface area contributed by atoms with E-state index in [4.69, 9.17) is 4.74 Å². The van der Waals surface area contributed by atoms with Crippen LogP contribution in [0.5, 0.6) is 0 Å². The number of hydrogen-bond donors (Lipinski definition) is 1. The smallest absolute Gasteiger partial charge is 0.253 e. The van der Waals surface area contributed by atoms with Crippen molar-refractivity contribution in [2.45, 2.75) is 83.6 Å². The summed E-state index contributed by atoms with van der Waals surface area (Å²) in [6, 6.07) is 4.40. The second-order valence-electron chi connectivity index (χ2n) is 11.8. The largest absolute Gasteiger partial charge is 0.394 e. The fourth-order valence-corrected chi connectivity index (χ4v) is 7.33. The molecule has 0 radical (unpaired) electrons. The minimum atomic E-state index is -1.16. The van der Waals surface area contributed by atoms with E-state index < -0.39 is 35.1 Å². The maximum absolute atomic E-state index is 14.8. The summed E-state index contributed by atoms with van der Waals surface area (Å²) in [6.07, 6.45) is 5.68. The molecule has 40 heavy (non-hydrogen) atoms. The van der Waals surface area contributed by atoms with Gasteiger partial charge in [0, 0.05) is 25.3 Å². The van der Waals surface area contributed by atoms with Crippen molar-refractivity contribution in [2.75, 3.05) is 31.1 Å². The first-order valence-corrected chi connectivity index (χ1v) is 14.6. The van der Waals surface area contributed by atoms with Gasteiger partial charge >= 0.3 is 0 Å². The van der Waals surface area contributed by atoms with E-state index in [2.05, 4.69) is 13.2 Å². The number of ether oxygens (including phenoxy) is 1. The molecule has 1 N–H and O–H groups in total. The van der Waals surface area contributed by atoms with Gasteiger partial charge in [-0.2, -0.15) is 0 Å². The number of likely N-dealkylation sites (tertiary alicyclic amines) is 1. The van der Waals surface area contributed by atoms with E-state index in [1.54, 1.807) is 26.9 Å². The molecule has 0 aliphatic carbocycles. The van der Waals surface area contributed by atoms with Gasteiger partial charge in [0.05, 0.1) is 30.1 Å². The zero-order valence-electron chi connectivity index (χ0n) is 24.7. The molecular weight excluding hydrogens is 506 g/mol. The van der Waals surface area contributed by atoms with E-state index in [0.717, 1.165) is 23.2 Å². The summed E-state index contributed by atoms with van der Waals surface area (Å²) in [5.74, 6) is -2.21. The molecule has 3 heterocycles. The molecule has 0 saturated carbocycles. The average Bonchev–Trinajstić information content (AvgIpc) is 3.50. The van der Waals surface area contributed by atoms with Crippen molar-refractivity contribution in [3.8, 4) is 0 Å². The molecule has 3 aliphatic rings. The minimum absolute atomic E-state index is 0.133. The fraction of sp³-hybridized carbons (Fsp3) is 0.594. The van der Waals surface area contributed by atoms with Gasteiger partial charge in [-0.15, -0.1) is 13.2 Å². The molecule has 3 amide bonds. The lowest BCUT2D eigenvalue weighted by molar-refractivity contribution is -0.152. The van der Waals surface area contributed by atoms with Gasteiger partial charge in [-0.3, -0.25) is 14.4 Å². The third-order valence-electron chi connectivity index (χ3n) is 9.18. The second-order valence-corrected chi connectivity index (χ2v) is 11.8. The van der Waals surface area contributed by atoms with Crippen LogP contribution in [0.3, 0.4) is 0 Å². The van der Waals surface area contributed by atoms with Crippen LogP contribution < -0.4 is 4.90 Å².